The number of fused-ring (bicyclic) bond motifs is 6. The zero-order valence-electron chi connectivity index (χ0n) is 14.4. The Hall–Kier alpha value is -2.78. The molecule has 138 valence electrons. The fraction of sp³-hybridized carbons (Fsp3) is 0.625. The quantitative estimate of drug-likeness (QED) is 0.339. The molecule has 0 bridgehead atoms. The lowest BCUT2D eigenvalue weighted by Gasteiger charge is -2.47. The van der Waals surface area contributed by atoms with Crippen molar-refractivity contribution in [2.24, 2.45) is 5.92 Å². The number of allylic oxidation sites excluding steroid dienone is 2. The number of aromatic nitrogens is 2. The van der Waals surface area contributed by atoms with Gasteiger partial charge < -0.3 is 5.21 Å². The number of nitro groups is 2. The van der Waals surface area contributed by atoms with Gasteiger partial charge in [0.15, 0.2) is 0 Å². The van der Waals surface area contributed by atoms with Gasteiger partial charge in [-0.15, -0.1) is 0 Å². The summed E-state index contributed by atoms with van der Waals surface area (Å²) in [4.78, 5) is 23.8. The Morgan fingerprint density at radius 2 is 1.81 bits per heavy atom. The van der Waals surface area contributed by atoms with E-state index in [0.717, 1.165) is 11.1 Å². The van der Waals surface area contributed by atoms with Gasteiger partial charge in [-0.2, -0.15) is 0 Å². The van der Waals surface area contributed by atoms with Crippen molar-refractivity contribution in [3.63, 3.8) is 0 Å². The van der Waals surface area contributed by atoms with Gasteiger partial charge in [0.05, 0.1) is 0 Å². The van der Waals surface area contributed by atoms with E-state index in [2.05, 4.69) is 5.16 Å². The van der Waals surface area contributed by atoms with E-state index in [4.69, 9.17) is 4.63 Å². The molecule has 0 radical (unpaired) electrons. The third-order valence-corrected chi connectivity index (χ3v) is 6.43. The molecule has 0 saturated heterocycles. The molecule has 1 heterocycles. The zero-order valence-corrected chi connectivity index (χ0v) is 14.4. The first-order chi connectivity index (χ1) is 12.2. The third kappa shape index (κ3) is 1.76. The summed E-state index contributed by atoms with van der Waals surface area (Å²) in [6.45, 7) is 3.66. The van der Waals surface area contributed by atoms with Gasteiger partial charge in [0.25, 0.3) is 5.69 Å². The summed E-state index contributed by atoms with van der Waals surface area (Å²) >= 11 is 0. The van der Waals surface area contributed by atoms with Gasteiger partial charge in [0.1, 0.15) is 11.8 Å². The summed E-state index contributed by atoms with van der Waals surface area (Å²) in [7, 11) is 0. The second-order valence-electron chi connectivity index (χ2n) is 7.62. The summed E-state index contributed by atoms with van der Waals surface area (Å²) < 4.78 is 4.72. The average Bonchev–Trinajstić information content (AvgIpc) is 2.96. The van der Waals surface area contributed by atoms with Gasteiger partial charge in [-0.25, -0.2) is 0 Å². The second-order valence-corrected chi connectivity index (χ2v) is 7.62. The molecule has 0 N–H and O–H groups in total. The minimum absolute atomic E-state index is 0.0406. The van der Waals surface area contributed by atoms with Gasteiger partial charge >= 0.3 is 5.54 Å². The average molecular weight is 362 g/mol. The molecule has 3 aliphatic rings. The number of nitrogens with zero attached hydrogens (tertiary/aromatic N) is 4. The van der Waals surface area contributed by atoms with Gasteiger partial charge in [-0.1, -0.05) is 23.3 Å². The lowest BCUT2D eigenvalue weighted by molar-refractivity contribution is -0.811. The molecule has 0 amide bonds. The summed E-state index contributed by atoms with van der Waals surface area (Å²) in [6, 6.07) is 0. The van der Waals surface area contributed by atoms with E-state index in [1.54, 1.807) is 12.2 Å². The highest BCUT2D eigenvalue weighted by atomic mass is 16.8. The fourth-order valence-corrected chi connectivity index (χ4v) is 5.14. The second kappa shape index (κ2) is 5.12. The third-order valence-electron chi connectivity index (χ3n) is 6.43. The molecule has 3 aliphatic carbocycles. The van der Waals surface area contributed by atoms with Crippen LogP contribution in [0.3, 0.4) is 0 Å². The Bertz CT molecular complexity index is 889. The Morgan fingerprint density at radius 1 is 1.15 bits per heavy atom. The van der Waals surface area contributed by atoms with Crippen molar-refractivity contribution in [1.29, 1.82) is 0 Å². The first kappa shape index (κ1) is 16.7. The molecule has 0 saturated carbocycles. The maximum absolute atomic E-state index is 12.4. The summed E-state index contributed by atoms with van der Waals surface area (Å²) in [5.74, 6) is -1.71. The lowest BCUT2D eigenvalue weighted by Crippen LogP contribution is -2.66. The van der Waals surface area contributed by atoms with Crippen LogP contribution in [0.25, 0.3) is 0 Å². The molecule has 26 heavy (non-hydrogen) atoms. The Kier molecular flexibility index (Phi) is 3.28. The van der Waals surface area contributed by atoms with E-state index in [0.29, 0.717) is 0 Å². The van der Waals surface area contributed by atoms with Gasteiger partial charge in [0, 0.05) is 27.8 Å². The lowest BCUT2D eigenvalue weighted by atomic mass is 9.51. The van der Waals surface area contributed by atoms with Gasteiger partial charge in [-0.3, -0.25) is 24.9 Å². The molecular formula is C16H18N4O6. The van der Waals surface area contributed by atoms with Gasteiger partial charge in [-0.05, 0) is 31.6 Å². The Morgan fingerprint density at radius 3 is 2.46 bits per heavy atom. The monoisotopic (exact) mass is 362 g/mol. The molecule has 10 heteroatoms. The minimum Gasteiger partial charge on any atom is -0.359 e. The SMILES string of the molecule is CC1=CC[C@]2([N+](=O)[O-])[C@H](C1)c1c(no[n+]1[O-])[C@@]1([N+](=O)[O-])CC=C(C)C[C@@H]21. The number of rotatable bonds is 2. The summed E-state index contributed by atoms with van der Waals surface area (Å²) in [5.41, 5.74) is -1.78. The highest BCUT2D eigenvalue weighted by Gasteiger charge is 2.78. The molecule has 0 aromatic carbocycles. The first-order valence-corrected chi connectivity index (χ1v) is 8.45. The zero-order chi connectivity index (χ0) is 18.9. The topological polar surface area (TPSA) is 139 Å². The molecule has 4 atom stereocenters. The molecular weight excluding hydrogens is 344 g/mol. The van der Waals surface area contributed by atoms with Crippen molar-refractivity contribution < 1.29 is 19.4 Å². The molecule has 1 aromatic heterocycles. The normalized spacial score (nSPS) is 35.5. The largest absolute Gasteiger partial charge is 0.359 e. The molecule has 0 aliphatic heterocycles. The Balaban J connectivity index is 2.10. The van der Waals surface area contributed by atoms with E-state index in [9.17, 15) is 25.4 Å². The van der Waals surface area contributed by atoms with E-state index in [-0.39, 0.29) is 42.0 Å². The van der Waals surface area contributed by atoms with Crippen molar-refractivity contribution in [3.05, 3.63) is 60.1 Å². The first-order valence-electron chi connectivity index (χ1n) is 8.45. The maximum Gasteiger partial charge on any atom is 0.306 e. The highest BCUT2D eigenvalue weighted by molar-refractivity contribution is 5.37. The fourth-order valence-electron chi connectivity index (χ4n) is 5.14. The number of hydrogen-bond donors (Lipinski definition) is 0. The predicted molar refractivity (Wildman–Crippen MR) is 86.1 cm³/mol. The van der Waals surface area contributed by atoms with E-state index < -0.39 is 32.8 Å². The van der Waals surface area contributed by atoms with Crippen LogP contribution >= 0.6 is 0 Å². The van der Waals surface area contributed by atoms with Crippen LogP contribution in [0.4, 0.5) is 0 Å². The van der Waals surface area contributed by atoms with Crippen LogP contribution in [0.5, 0.6) is 0 Å². The molecule has 0 spiro atoms. The highest BCUT2D eigenvalue weighted by Crippen LogP contribution is 2.61. The van der Waals surface area contributed by atoms with E-state index in [1.807, 2.05) is 13.8 Å². The van der Waals surface area contributed by atoms with Crippen LogP contribution in [0.1, 0.15) is 56.8 Å². The molecule has 1 aromatic rings. The van der Waals surface area contributed by atoms with Crippen LogP contribution in [0, 0.1) is 31.4 Å². The Labute approximate surface area is 148 Å². The number of hydrogen-bond acceptors (Lipinski definition) is 7. The van der Waals surface area contributed by atoms with Crippen LogP contribution in [0.15, 0.2) is 27.9 Å². The van der Waals surface area contributed by atoms with Crippen LogP contribution < -0.4 is 4.90 Å². The molecule has 10 nitrogen and oxygen atoms in total. The predicted octanol–water partition coefficient (Wildman–Crippen LogP) is 1.99. The maximum atomic E-state index is 12.4. The van der Waals surface area contributed by atoms with E-state index in [1.165, 1.54) is 0 Å². The van der Waals surface area contributed by atoms with Crippen LogP contribution in [0.2, 0.25) is 0 Å². The summed E-state index contributed by atoms with van der Waals surface area (Å²) in [6.07, 6.45) is 3.99. The minimum atomic E-state index is -1.82. The van der Waals surface area contributed by atoms with Gasteiger partial charge in [0.2, 0.25) is 11.2 Å². The molecule has 0 fully saturated rings. The van der Waals surface area contributed by atoms with Crippen LogP contribution in [-0.4, -0.2) is 20.5 Å². The standard InChI is InChI=1S/C16H18N4O6/c1-9-3-5-15(19(22)23)11(7-9)13-14(17-26-18(13)21)16(20(24)25)6-4-10(2)8-12(15)16/h3-4,11-12H,5-8H2,1-2H3/t11-,12+,15+,16-/m1/s1. The molecule has 0 unspecified atom stereocenters. The summed E-state index contributed by atoms with van der Waals surface area (Å²) in [5, 5.41) is 40.6. The van der Waals surface area contributed by atoms with Crippen molar-refractivity contribution in [3.8, 4) is 0 Å². The smallest absolute Gasteiger partial charge is 0.306 e. The molecule has 4 rings (SSSR count). The van der Waals surface area contributed by atoms with E-state index >= 15 is 0 Å². The van der Waals surface area contributed by atoms with Crippen molar-refractivity contribution in [2.45, 2.75) is 56.5 Å². The van der Waals surface area contributed by atoms with Crippen molar-refractivity contribution >= 4 is 0 Å². The van der Waals surface area contributed by atoms with Crippen LogP contribution in [-0.2, 0) is 5.54 Å². The van der Waals surface area contributed by atoms with Crippen molar-refractivity contribution in [2.75, 3.05) is 0 Å². The van der Waals surface area contributed by atoms with Crippen molar-refractivity contribution in [1.82, 2.24) is 5.16 Å².